The molecule has 0 saturated carbocycles. The first-order valence-corrected chi connectivity index (χ1v) is 8.07. The van der Waals surface area contributed by atoms with E-state index >= 15 is 0 Å². The van der Waals surface area contributed by atoms with Crippen LogP contribution in [0.3, 0.4) is 0 Å². The minimum absolute atomic E-state index is 0.0292. The van der Waals surface area contributed by atoms with E-state index < -0.39 is 0 Å². The van der Waals surface area contributed by atoms with Crippen molar-refractivity contribution in [2.24, 2.45) is 0 Å². The molecule has 1 fully saturated rings. The standard InChI is InChI=1S/C15H23N3OS/c1-10-12(3)20-8-7-18(10)11(2)15(19)17-14-6-4-5-13(16)9-14/h4-6,9-12H,7-8,16H2,1-3H3,(H,17,19). The Bertz CT molecular complexity index is 480. The van der Waals surface area contributed by atoms with Crippen molar-refractivity contribution in [2.45, 2.75) is 38.1 Å². The summed E-state index contributed by atoms with van der Waals surface area (Å²) >= 11 is 1.98. The molecule has 20 heavy (non-hydrogen) atoms. The molecule has 1 aromatic rings. The van der Waals surface area contributed by atoms with E-state index in [4.69, 9.17) is 5.73 Å². The Morgan fingerprint density at radius 3 is 2.95 bits per heavy atom. The maximum Gasteiger partial charge on any atom is 0.241 e. The van der Waals surface area contributed by atoms with E-state index in [1.54, 1.807) is 6.07 Å². The van der Waals surface area contributed by atoms with Crippen LogP contribution in [0, 0.1) is 0 Å². The number of carbonyl (C=O) groups is 1. The van der Waals surface area contributed by atoms with Gasteiger partial charge in [-0.25, -0.2) is 0 Å². The van der Waals surface area contributed by atoms with Crippen LogP contribution in [-0.4, -0.2) is 40.4 Å². The van der Waals surface area contributed by atoms with Crippen molar-refractivity contribution in [3.63, 3.8) is 0 Å². The van der Waals surface area contributed by atoms with Crippen molar-refractivity contribution in [1.82, 2.24) is 4.90 Å². The van der Waals surface area contributed by atoms with Gasteiger partial charge in [-0.3, -0.25) is 9.69 Å². The van der Waals surface area contributed by atoms with Gasteiger partial charge in [0.25, 0.3) is 0 Å². The Balaban J connectivity index is 2.01. The molecule has 5 heteroatoms. The monoisotopic (exact) mass is 293 g/mol. The molecule has 1 heterocycles. The number of benzene rings is 1. The van der Waals surface area contributed by atoms with Crippen LogP contribution in [0.5, 0.6) is 0 Å². The molecule has 2 rings (SSSR count). The zero-order valence-corrected chi connectivity index (χ0v) is 13.1. The smallest absolute Gasteiger partial charge is 0.241 e. The SMILES string of the molecule is CC1SCCN(C(C)C(=O)Nc2cccc(N)c2)C1C. The zero-order valence-electron chi connectivity index (χ0n) is 12.3. The summed E-state index contributed by atoms with van der Waals surface area (Å²) in [4.78, 5) is 14.7. The Kier molecular flexibility index (Phi) is 4.94. The number of nitrogens with two attached hydrogens (primary N) is 1. The lowest BCUT2D eigenvalue weighted by Gasteiger charge is -2.40. The largest absolute Gasteiger partial charge is 0.399 e. The number of anilines is 2. The fraction of sp³-hybridized carbons (Fsp3) is 0.533. The third kappa shape index (κ3) is 3.46. The Labute approximate surface area is 125 Å². The van der Waals surface area contributed by atoms with Crippen molar-refractivity contribution in [3.8, 4) is 0 Å². The normalized spacial score (nSPS) is 25.1. The Hall–Kier alpha value is -1.20. The molecule has 3 N–H and O–H groups in total. The molecular formula is C15H23N3OS. The van der Waals surface area contributed by atoms with Gasteiger partial charge < -0.3 is 11.1 Å². The number of nitrogens with zero attached hydrogens (tertiary/aromatic N) is 1. The summed E-state index contributed by atoms with van der Waals surface area (Å²) in [5.41, 5.74) is 7.15. The molecular weight excluding hydrogens is 270 g/mol. The topological polar surface area (TPSA) is 58.4 Å². The second-order valence-electron chi connectivity index (χ2n) is 5.35. The van der Waals surface area contributed by atoms with Crippen molar-refractivity contribution in [3.05, 3.63) is 24.3 Å². The first-order chi connectivity index (χ1) is 9.49. The first-order valence-electron chi connectivity index (χ1n) is 7.03. The minimum atomic E-state index is -0.130. The highest BCUT2D eigenvalue weighted by Crippen LogP contribution is 2.26. The molecule has 0 aromatic heterocycles. The van der Waals surface area contributed by atoms with Gasteiger partial charge in [0.2, 0.25) is 5.91 Å². The first kappa shape index (κ1) is 15.2. The molecule has 1 aliphatic heterocycles. The highest BCUT2D eigenvalue weighted by Gasteiger charge is 2.31. The highest BCUT2D eigenvalue weighted by atomic mass is 32.2. The van der Waals surface area contributed by atoms with E-state index in [0.29, 0.717) is 17.0 Å². The van der Waals surface area contributed by atoms with Gasteiger partial charge in [-0.15, -0.1) is 0 Å². The quantitative estimate of drug-likeness (QED) is 0.840. The average Bonchev–Trinajstić information content (AvgIpc) is 2.41. The zero-order chi connectivity index (χ0) is 14.7. The number of hydrogen-bond acceptors (Lipinski definition) is 4. The number of hydrogen-bond donors (Lipinski definition) is 2. The molecule has 110 valence electrons. The van der Waals surface area contributed by atoms with Crippen LogP contribution in [-0.2, 0) is 4.79 Å². The number of carbonyl (C=O) groups excluding carboxylic acids is 1. The summed E-state index contributed by atoms with van der Waals surface area (Å²) in [6, 6.07) is 7.58. The molecule has 1 amide bonds. The second-order valence-corrected chi connectivity index (χ2v) is 6.83. The summed E-state index contributed by atoms with van der Waals surface area (Å²) in [5, 5.41) is 3.51. The second kappa shape index (κ2) is 6.50. The van der Waals surface area contributed by atoms with Gasteiger partial charge in [-0.1, -0.05) is 13.0 Å². The van der Waals surface area contributed by atoms with Gasteiger partial charge in [0.05, 0.1) is 6.04 Å². The van der Waals surface area contributed by atoms with Crippen LogP contribution in [0.1, 0.15) is 20.8 Å². The number of amides is 1. The summed E-state index contributed by atoms with van der Waals surface area (Å²) in [6.45, 7) is 7.35. The maximum atomic E-state index is 12.4. The van der Waals surface area contributed by atoms with Crippen LogP contribution in [0.25, 0.3) is 0 Å². The van der Waals surface area contributed by atoms with Gasteiger partial charge in [0.15, 0.2) is 0 Å². The molecule has 3 unspecified atom stereocenters. The van der Waals surface area contributed by atoms with Crippen LogP contribution in [0.15, 0.2) is 24.3 Å². The molecule has 0 radical (unpaired) electrons. The van der Waals surface area contributed by atoms with Crippen LogP contribution in [0.4, 0.5) is 11.4 Å². The Morgan fingerprint density at radius 1 is 1.50 bits per heavy atom. The predicted molar refractivity (Wildman–Crippen MR) is 87.0 cm³/mol. The molecule has 0 bridgehead atoms. The molecule has 4 nitrogen and oxygen atoms in total. The Morgan fingerprint density at radius 2 is 2.25 bits per heavy atom. The average molecular weight is 293 g/mol. The van der Waals surface area contributed by atoms with Gasteiger partial charge in [-0.2, -0.15) is 11.8 Å². The van der Waals surface area contributed by atoms with E-state index in [0.717, 1.165) is 18.0 Å². The summed E-state index contributed by atoms with van der Waals surface area (Å²) in [6.07, 6.45) is 0. The highest BCUT2D eigenvalue weighted by molar-refractivity contribution is 8.00. The van der Waals surface area contributed by atoms with Crippen molar-refractivity contribution in [2.75, 3.05) is 23.3 Å². The maximum absolute atomic E-state index is 12.4. The number of nitrogen functional groups attached to an aromatic ring is 1. The van der Waals surface area contributed by atoms with Gasteiger partial charge in [0, 0.05) is 35.0 Å². The summed E-state index contributed by atoms with van der Waals surface area (Å²) < 4.78 is 0. The van der Waals surface area contributed by atoms with Gasteiger partial charge in [0.1, 0.15) is 0 Å². The molecule has 1 saturated heterocycles. The predicted octanol–water partition coefficient (Wildman–Crippen LogP) is 2.42. The van der Waals surface area contributed by atoms with Crippen LogP contribution >= 0.6 is 11.8 Å². The molecule has 3 atom stereocenters. The number of thioether (sulfide) groups is 1. The lowest BCUT2D eigenvalue weighted by molar-refractivity contribution is -0.121. The van der Waals surface area contributed by atoms with E-state index in [2.05, 4.69) is 24.1 Å². The fourth-order valence-electron chi connectivity index (χ4n) is 2.52. The van der Waals surface area contributed by atoms with Gasteiger partial charge in [-0.05, 0) is 32.0 Å². The molecule has 0 aliphatic carbocycles. The fourth-order valence-corrected chi connectivity index (χ4v) is 3.64. The van der Waals surface area contributed by atoms with Crippen LogP contribution < -0.4 is 11.1 Å². The number of nitrogens with one attached hydrogen (secondary N) is 1. The van der Waals surface area contributed by atoms with Crippen LogP contribution in [0.2, 0.25) is 0 Å². The molecule has 1 aliphatic rings. The van der Waals surface area contributed by atoms with E-state index in [9.17, 15) is 4.79 Å². The van der Waals surface area contributed by atoms with Crippen molar-refractivity contribution < 1.29 is 4.79 Å². The summed E-state index contributed by atoms with van der Waals surface area (Å²) in [5.74, 6) is 1.11. The van der Waals surface area contributed by atoms with Crippen molar-refractivity contribution in [1.29, 1.82) is 0 Å². The van der Waals surface area contributed by atoms with Crippen molar-refractivity contribution >= 4 is 29.0 Å². The lowest BCUT2D eigenvalue weighted by atomic mass is 10.1. The molecule has 0 spiro atoms. The lowest BCUT2D eigenvalue weighted by Crippen LogP contribution is -2.53. The van der Waals surface area contributed by atoms with E-state index in [-0.39, 0.29) is 11.9 Å². The third-order valence-electron chi connectivity index (χ3n) is 3.96. The molecule has 1 aromatic carbocycles. The van der Waals surface area contributed by atoms with Gasteiger partial charge >= 0.3 is 0 Å². The summed E-state index contributed by atoms with van der Waals surface area (Å²) in [7, 11) is 0. The minimum Gasteiger partial charge on any atom is -0.399 e. The van der Waals surface area contributed by atoms with E-state index in [1.807, 2.05) is 36.9 Å². The third-order valence-corrected chi connectivity index (χ3v) is 5.30. The van der Waals surface area contributed by atoms with E-state index in [1.165, 1.54) is 0 Å². The number of rotatable bonds is 3.